The first-order valence-electron chi connectivity index (χ1n) is 7.76. The van der Waals surface area contributed by atoms with E-state index >= 15 is 0 Å². The van der Waals surface area contributed by atoms with Gasteiger partial charge >= 0.3 is 0 Å². The fraction of sp³-hybridized carbons (Fsp3) is 0.158. The van der Waals surface area contributed by atoms with Gasteiger partial charge < -0.3 is 10.1 Å². The molecule has 0 aliphatic carbocycles. The van der Waals surface area contributed by atoms with Gasteiger partial charge in [0.2, 0.25) is 5.88 Å². The third kappa shape index (κ3) is 8.10. The Balaban J connectivity index is 0.00000225. The van der Waals surface area contributed by atoms with Crippen LogP contribution in [0.2, 0.25) is 0 Å². The predicted molar refractivity (Wildman–Crippen MR) is 113 cm³/mol. The average Bonchev–Trinajstić information content (AvgIpc) is 2.63. The zero-order chi connectivity index (χ0) is 16.6. The minimum absolute atomic E-state index is 0. The molecule has 0 fully saturated rings. The maximum Gasteiger partial charge on any atom is 0.213 e. The van der Waals surface area contributed by atoms with Crippen molar-refractivity contribution in [3.8, 4) is 17.0 Å². The summed E-state index contributed by atoms with van der Waals surface area (Å²) in [5, 5.41) is 3.31. The molecule has 2 heterocycles. The van der Waals surface area contributed by atoms with Crippen molar-refractivity contribution in [3.63, 3.8) is 0 Å². The van der Waals surface area contributed by atoms with E-state index in [0.717, 1.165) is 16.7 Å². The minimum Gasteiger partial charge on any atom is -0.476 e. The van der Waals surface area contributed by atoms with Gasteiger partial charge in [-0.25, -0.2) is 9.37 Å². The van der Waals surface area contributed by atoms with Gasteiger partial charge in [-0.2, -0.15) is 0 Å². The lowest BCUT2D eigenvalue weighted by Crippen LogP contribution is -2.20. The average molecular weight is 433 g/mol. The molecule has 0 spiro atoms. The zero-order valence-electron chi connectivity index (χ0n) is 14.4. The molecule has 0 saturated carbocycles. The van der Waals surface area contributed by atoms with Crippen molar-refractivity contribution >= 4 is 37.2 Å². The molecule has 146 valence electrons. The number of nitrogens with one attached hydrogen (secondary N) is 1. The molecule has 0 aliphatic rings. The van der Waals surface area contributed by atoms with E-state index in [1.54, 1.807) is 24.5 Å². The van der Waals surface area contributed by atoms with Gasteiger partial charge in [-0.05, 0) is 35.4 Å². The summed E-state index contributed by atoms with van der Waals surface area (Å²) in [7, 11) is 0. The number of pyridine rings is 2. The monoisotopic (exact) mass is 431 g/mol. The van der Waals surface area contributed by atoms with Crippen molar-refractivity contribution in [2.24, 2.45) is 0 Å². The molecule has 0 bridgehead atoms. The van der Waals surface area contributed by atoms with Crippen LogP contribution in [0.3, 0.4) is 0 Å². The summed E-state index contributed by atoms with van der Waals surface area (Å²) < 4.78 is 18.5. The molecule has 0 radical (unpaired) electrons. The lowest BCUT2D eigenvalue weighted by Gasteiger charge is -2.08. The summed E-state index contributed by atoms with van der Waals surface area (Å²) in [6.45, 7) is 1.94. The van der Waals surface area contributed by atoms with Gasteiger partial charge in [0.25, 0.3) is 0 Å². The molecule has 3 rings (SSSR count). The highest BCUT2D eigenvalue weighted by atomic mass is 35.5. The Kier molecular flexibility index (Phi) is 12.3. The summed E-state index contributed by atoms with van der Waals surface area (Å²) >= 11 is 0. The Morgan fingerprint density at radius 1 is 0.926 bits per heavy atom. The van der Waals surface area contributed by atoms with Gasteiger partial charge in [0.15, 0.2) is 0 Å². The molecule has 0 amide bonds. The van der Waals surface area contributed by atoms with Gasteiger partial charge in [0.05, 0.1) is 0 Å². The van der Waals surface area contributed by atoms with Crippen molar-refractivity contribution in [2.75, 3.05) is 13.2 Å². The highest BCUT2D eigenvalue weighted by Gasteiger charge is 2.01. The normalized spacial score (nSPS) is 9.37. The first-order chi connectivity index (χ1) is 11.8. The number of nitrogens with zero attached hydrogens (tertiary/aromatic N) is 2. The molecule has 1 aromatic carbocycles. The van der Waals surface area contributed by atoms with E-state index in [4.69, 9.17) is 4.74 Å². The summed E-state index contributed by atoms with van der Waals surface area (Å²) in [6.07, 6.45) is 5.30. The summed E-state index contributed by atoms with van der Waals surface area (Å²) in [6, 6.07) is 14.0. The summed E-state index contributed by atoms with van der Waals surface area (Å²) in [5.74, 6) is 0.386. The molecular weight excluding hydrogens is 412 g/mol. The fourth-order valence-electron chi connectivity index (χ4n) is 2.28. The molecule has 0 atom stereocenters. The van der Waals surface area contributed by atoms with Crippen molar-refractivity contribution in [1.29, 1.82) is 0 Å². The van der Waals surface area contributed by atoms with Gasteiger partial charge in [-0.15, -0.1) is 37.2 Å². The standard InChI is InChI=1S/C19H18FN3O.3ClH/c20-18-6-4-16(5-7-18)17-11-15(13-22-14-17)12-21-9-10-24-19-3-1-2-8-23-19;;;/h1-8,11,13-14,21H,9-10,12H2;3*1H. The van der Waals surface area contributed by atoms with Crippen LogP contribution >= 0.6 is 37.2 Å². The highest BCUT2D eigenvalue weighted by molar-refractivity contribution is 5.86. The maximum absolute atomic E-state index is 13.0. The summed E-state index contributed by atoms with van der Waals surface area (Å²) in [4.78, 5) is 8.35. The van der Waals surface area contributed by atoms with Gasteiger partial charge in [-0.3, -0.25) is 4.98 Å². The molecule has 3 aromatic rings. The predicted octanol–water partition coefficient (Wildman–Crippen LogP) is 4.72. The van der Waals surface area contributed by atoms with Crippen LogP contribution in [0.15, 0.2) is 67.1 Å². The van der Waals surface area contributed by atoms with Crippen LogP contribution in [-0.4, -0.2) is 23.1 Å². The second kappa shape index (κ2) is 13.3. The summed E-state index contributed by atoms with van der Waals surface area (Å²) in [5.41, 5.74) is 2.98. The molecular formula is C19H21Cl3FN3O. The lowest BCUT2D eigenvalue weighted by molar-refractivity contribution is 0.302. The van der Waals surface area contributed by atoms with Crippen molar-refractivity contribution in [2.45, 2.75) is 6.54 Å². The largest absolute Gasteiger partial charge is 0.476 e. The van der Waals surface area contributed by atoms with E-state index in [1.807, 2.05) is 30.5 Å². The van der Waals surface area contributed by atoms with E-state index in [2.05, 4.69) is 15.3 Å². The van der Waals surface area contributed by atoms with Crippen LogP contribution < -0.4 is 10.1 Å². The fourth-order valence-corrected chi connectivity index (χ4v) is 2.28. The van der Waals surface area contributed by atoms with Crippen LogP contribution in [0.25, 0.3) is 11.1 Å². The Labute approximate surface area is 176 Å². The third-order valence-corrected chi connectivity index (χ3v) is 3.47. The van der Waals surface area contributed by atoms with Crippen LogP contribution in [0.1, 0.15) is 5.56 Å². The van der Waals surface area contributed by atoms with Crippen LogP contribution in [0.4, 0.5) is 4.39 Å². The number of hydrogen-bond donors (Lipinski definition) is 1. The number of aromatic nitrogens is 2. The van der Waals surface area contributed by atoms with E-state index in [1.165, 1.54) is 12.1 Å². The second-order valence-electron chi connectivity index (χ2n) is 5.28. The Morgan fingerprint density at radius 3 is 2.41 bits per heavy atom. The van der Waals surface area contributed by atoms with E-state index in [-0.39, 0.29) is 43.0 Å². The molecule has 0 aliphatic heterocycles. The van der Waals surface area contributed by atoms with Crippen LogP contribution in [0, 0.1) is 5.82 Å². The maximum atomic E-state index is 13.0. The quantitative estimate of drug-likeness (QED) is 0.549. The first-order valence-corrected chi connectivity index (χ1v) is 7.76. The van der Waals surface area contributed by atoms with Crippen LogP contribution in [-0.2, 0) is 6.54 Å². The van der Waals surface area contributed by atoms with Crippen LogP contribution in [0.5, 0.6) is 5.88 Å². The van der Waals surface area contributed by atoms with Crippen molar-refractivity contribution < 1.29 is 9.13 Å². The Morgan fingerprint density at radius 2 is 1.70 bits per heavy atom. The number of benzene rings is 1. The zero-order valence-corrected chi connectivity index (χ0v) is 16.8. The minimum atomic E-state index is -0.238. The van der Waals surface area contributed by atoms with Crippen molar-refractivity contribution in [1.82, 2.24) is 15.3 Å². The molecule has 8 heteroatoms. The number of hydrogen-bond acceptors (Lipinski definition) is 4. The number of halogens is 4. The van der Waals surface area contributed by atoms with E-state index in [9.17, 15) is 4.39 Å². The van der Waals surface area contributed by atoms with E-state index < -0.39 is 0 Å². The molecule has 27 heavy (non-hydrogen) atoms. The smallest absolute Gasteiger partial charge is 0.213 e. The Hall–Kier alpha value is -1.92. The molecule has 2 aromatic heterocycles. The molecule has 1 N–H and O–H groups in total. The third-order valence-electron chi connectivity index (χ3n) is 3.47. The molecule has 0 unspecified atom stereocenters. The highest BCUT2D eigenvalue weighted by Crippen LogP contribution is 2.19. The van der Waals surface area contributed by atoms with E-state index in [0.29, 0.717) is 25.6 Å². The van der Waals surface area contributed by atoms with Gasteiger partial charge in [0.1, 0.15) is 12.4 Å². The molecule has 0 saturated heterocycles. The van der Waals surface area contributed by atoms with Crippen molar-refractivity contribution in [3.05, 3.63) is 78.5 Å². The topological polar surface area (TPSA) is 47.0 Å². The van der Waals surface area contributed by atoms with Gasteiger partial charge in [-0.1, -0.05) is 18.2 Å². The lowest BCUT2D eigenvalue weighted by atomic mass is 10.1. The SMILES string of the molecule is Cl.Cl.Cl.Fc1ccc(-c2cncc(CNCCOc3ccccn3)c2)cc1. The molecule has 4 nitrogen and oxygen atoms in total. The first kappa shape index (κ1) is 25.1. The van der Waals surface area contributed by atoms with Gasteiger partial charge in [0, 0.05) is 43.3 Å². The second-order valence-corrected chi connectivity index (χ2v) is 5.28. The number of ether oxygens (including phenoxy) is 1. The number of rotatable bonds is 7. The Bertz CT molecular complexity index is 777.